The lowest BCUT2D eigenvalue weighted by Gasteiger charge is -2.15. The van der Waals surface area contributed by atoms with Crippen molar-refractivity contribution in [3.8, 4) is 0 Å². The Kier molecular flexibility index (Phi) is 6.75. The number of hydrogen-bond acceptors (Lipinski definition) is 6. The number of anilines is 1. The van der Waals surface area contributed by atoms with Crippen molar-refractivity contribution in [1.82, 2.24) is 15.2 Å². The first-order valence-electron chi connectivity index (χ1n) is 10.5. The van der Waals surface area contributed by atoms with Gasteiger partial charge in [-0.05, 0) is 73.5 Å². The van der Waals surface area contributed by atoms with Crippen LogP contribution in [0.3, 0.4) is 0 Å². The van der Waals surface area contributed by atoms with Gasteiger partial charge in [0, 0.05) is 29.9 Å². The molecule has 2 aromatic carbocycles. The summed E-state index contributed by atoms with van der Waals surface area (Å²) in [6.07, 6.45) is 3.06. The topological polar surface area (TPSA) is 138 Å². The Labute approximate surface area is 196 Å². The van der Waals surface area contributed by atoms with Gasteiger partial charge in [-0.2, -0.15) is 4.31 Å². The van der Waals surface area contributed by atoms with E-state index in [1.165, 1.54) is 65.2 Å². The number of benzene rings is 2. The Balaban J connectivity index is 1.31. The molecule has 0 aliphatic carbocycles. The summed E-state index contributed by atoms with van der Waals surface area (Å²) >= 11 is 0. The molecule has 2 heterocycles. The molecule has 0 unspecified atom stereocenters. The zero-order chi connectivity index (χ0) is 24.1. The van der Waals surface area contributed by atoms with Crippen LogP contribution in [0.5, 0.6) is 0 Å². The number of nitrogens with one attached hydrogen (secondary N) is 3. The van der Waals surface area contributed by atoms with Crippen molar-refractivity contribution in [2.75, 3.05) is 18.4 Å². The average molecular weight is 483 g/mol. The molecule has 0 spiro atoms. The number of sulfonamides is 1. The Morgan fingerprint density at radius 2 is 1.32 bits per heavy atom. The fourth-order valence-electron chi connectivity index (χ4n) is 3.42. The Morgan fingerprint density at radius 1 is 0.765 bits per heavy atom. The summed E-state index contributed by atoms with van der Waals surface area (Å²) in [6.45, 7) is 0.988. The molecule has 1 saturated heterocycles. The van der Waals surface area contributed by atoms with Gasteiger partial charge in [-0.3, -0.25) is 25.2 Å². The lowest BCUT2D eigenvalue weighted by atomic mass is 10.2. The van der Waals surface area contributed by atoms with Crippen LogP contribution in [-0.2, 0) is 10.0 Å². The first kappa shape index (κ1) is 23.2. The SMILES string of the molecule is O=C(NNC(=O)c1ccc(S(=O)(=O)N2CCCC2)cc1)c1ccc(NC(=O)c2ccco2)cc1. The molecule has 3 aromatic rings. The predicted octanol–water partition coefficient (Wildman–Crippen LogP) is 2.39. The highest BCUT2D eigenvalue weighted by atomic mass is 32.2. The van der Waals surface area contributed by atoms with Gasteiger partial charge in [-0.25, -0.2) is 8.42 Å². The van der Waals surface area contributed by atoms with Gasteiger partial charge in [0.1, 0.15) is 0 Å². The quantitative estimate of drug-likeness (QED) is 0.461. The molecule has 176 valence electrons. The van der Waals surface area contributed by atoms with Crippen molar-refractivity contribution in [3.05, 3.63) is 83.8 Å². The Hall–Kier alpha value is -3.96. The number of carbonyl (C=O) groups is 3. The molecule has 1 aliphatic rings. The number of carbonyl (C=O) groups excluding carboxylic acids is 3. The maximum atomic E-state index is 12.6. The van der Waals surface area contributed by atoms with Crippen LogP contribution in [0.25, 0.3) is 0 Å². The molecular weight excluding hydrogens is 460 g/mol. The van der Waals surface area contributed by atoms with Gasteiger partial charge < -0.3 is 9.73 Å². The molecule has 1 fully saturated rings. The van der Waals surface area contributed by atoms with E-state index in [1.54, 1.807) is 6.07 Å². The van der Waals surface area contributed by atoms with Gasteiger partial charge in [0.25, 0.3) is 17.7 Å². The van der Waals surface area contributed by atoms with E-state index in [9.17, 15) is 22.8 Å². The third-order valence-electron chi connectivity index (χ3n) is 5.26. The summed E-state index contributed by atoms with van der Waals surface area (Å²) in [5.41, 5.74) is 5.51. The summed E-state index contributed by atoms with van der Waals surface area (Å²) in [4.78, 5) is 36.8. The third-order valence-corrected chi connectivity index (χ3v) is 7.17. The normalized spacial score (nSPS) is 13.9. The maximum absolute atomic E-state index is 12.6. The highest BCUT2D eigenvalue weighted by Crippen LogP contribution is 2.21. The molecule has 34 heavy (non-hydrogen) atoms. The van der Waals surface area contributed by atoms with Crippen molar-refractivity contribution in [3.63, 3.8) is 0 Å². The lowest BCUT2D eigenvalue weighted by Crippen LogP contribution is -2.41. The molecule has 10 nitrogen and oxygen atoms in total. The molecule has 11 heteroatoms. The van der Waals surface area contributed by atoms with Crippen LogP contribution in [0, 0.1) is 0 Å². The number of hydrazine groups is 1. The number of furan rings is 1. The van der Waals surface area contributed by atoms with Gasteiger partial charge in [0.15, 0.2) is 5.76 Å². The summed E-state index contributed by atoms with van der Waals surface area (Å²) in [6, 6.07) is 14.7. The van der Waals surface area contributed by atoms with E-state index >= 15 is 0 Å². The second kappa shape index (κ2) is 9.89. The smallest absolute Gasteiger partial charge is 0.291 e. The van der Waals surface area contributed by atoms with E-state index in [4.69, 9.17) is 4.42 Å². The molecule has 4 rings (SSSR count). The van der Waals surface area contributed by atoms with Gasteiger partial charge in [-0.15, -0.1) is 0 Å². The summed E-state index contributed by atoms with van der Waals surface area (Å²) in [7, 11) is -3.57. The summed E-state index contributed by atoms with van der Waals surface area (Å²) < 4.78 is 31.6. The minimum atomic E-state index is -3.57. The van der Waals surface area contributed by atoms with Crippen molar-refractivity contribution >= 4 is 33.4 Å². The highest BCUT2D eigenvalue weighted by molar-refractivity contribution is 7.89. The first-order chi connectivity index (χ1) is 16.3. The molecule has 0 radical (unpaired) electrons. The van der Waals surface area contributed by atoms with Crippen LogP contribution >= 0.6 is 0 Å². The number of amides is 3. The van der Waals surface area contributed by atoms with Crippen LogP contribution in [-0.4, -0.2) is 43.5 Å². The predicted molar refractivity (Wildman–Crippen MR) is 122 cm³/mol. The standard InChI is InChI=1S/C23H22N4O6S/c28-21(16-5-9-18(10-6-16)24-23(30)20-4-3-15-33-20)25-26-22(29)17-7-11-19(12-8-17)34(31,32)27-13-1-2-14-27/h3-12,15H,1-2,13-14H2,(H,24,30)(H,25,28)(H,26,29). The maximum Gasteiger partial charge on any atom is 0.291 e. The van der Waals surface area contributed by atoms with Crippen LogP contribution in [0.1, 0.15) is 44.1 Å². The van der Waals surface area contributed by atoms with E-state index in [0.717, 1.165) is 12.8 Å². The highest BCUT2D eigenvalue weighted by Gasteiger charge is 2.27. The van der Waals surface area contributed by atoms with Crippen LogP contribution in [0.4, 0.5) is 5.69 Å². The van der Waals surface area contributed by atoms with E-state index in [2.05, 4.69) is 16.2 Å². The molecular formula is C23H22N4O6S. The third kappa shape index (κ3) is 5.16. The zero-order valence-corrected chi connectivity index (χ0v) is 18.8. The zero-order valence-electron chi connectivity index (χ0n) is 18.0. The van der Waals surface area contributed by atoms with Crippen LogP contribution in [0.2, 0.25) is 0 Å². The number of nitrogens with zero attached hydrogens (tertiary/aromatic N) is 1. The Bertz CT molecular complexity index is 1280. The van der Waals surface area contributed by atoms with Gasteiger partial charge in [0.05, 0.1) is 11.2 Å². The van der Waals surface area contributed by atoms with Crippen molar-refractivity contribution in [1.29, 1.82) is 0 Å². The van der Waals surface area contributed by atoms with Gasteiger partial charge in [-0.1, -0.05) is 0 Å². The average Bonchev–Trinajstić information content (AvgIpc) is 3.58. The van der Waals surface area contributed by atoms with E-state index in [-0.39, 0.29) is 21.8 Å². The fraction of sp³-hybridized carbons (Fsp3) is 0.174. The van der Waals surface area contributed by atoms with Crippen molar-refractivity contribution in [2.45, 2.75) is 17.7 Å². The first-order valence-corrected chi connectivity index (χ1v) is 11.9. The second-order valence-corrected chi connectivity index (χ2v) is 9.49. The largest absolute Gasteiger partial charge is 0.459 e. The van der Waals surface area contributed by atoms with Crippen LogP contribution < -0.4 is 16.2 Å². The van der Waals surface area contributed by atoms with Crippen molar-refractivity contribution in [2.24, 2.45) is 0 Å². The van der Waals surface area contributed by atoms with E-state index in [1.807, 2.05) is 0 Å². The molecule has 1 aliphatic heterocycles. The number of hydrogen-bond donors (Lipinski definition) is 3. The molecule has 0 atom stereocenters. The second-order valence-electron chi connectivity index (χ2n) is 7.55. The van der Waals surface area contributed by atoms with Gasteiger partial charge >= 0.3 is 0 Å². The summed E-state index contributed by atoms with van der Waals surface area (Å²) in [5.74, 6) is -1.42. The van der Waals surface area contributed by atoms with E-state index in [0.29, 0.717) is 18.8 Å². The monoisotopic (exact) mass is 482 g/mol. The molecule has 1 aromatic heterocycles. The van der Waals surface area contributed by atoms with Crippen molar-refractivity contribution < 1.29 is 27.2 Å². The lowest BCUT2D eigenvalue weighted by molar-refractivity contribution is 0.0846. The molecule has 3 N–H and O–H groups in total. The fourth-order valence-corrected chi connectivity index (χ4v) is 4.94. The summed E-state index contributed by atoms with van der Waals surface area (Å²) in [5, 5.41) is 2.64. The minimum Gasteiger partial charge on any atom is -0.459 e. The molecule has 0 saturated carbocycles. The van der Waals surface area contributed by atoms with E-state index < -0.39 is 27.7 Å². The molecule has 0 bridgehead atoms. The number of rotatable bonds is 6. The molecule has 3 amide bonds. The van der Waals surface area contributed by atoms with Crippen LogP contribution in [0.15, 0.2) is 76.2 Å². The minimum absolute atomic E-state index is 0.120. The Morgan fingerprint density at radius 3 is 1.85 bits per heavy atom. The van der Waals surface area contributed by atoms with Gasteiger partial charge in [0.2, 0.25) is 10.0 Å².